The number of esters is 1. The van der Waals surface area contributed by atoms with Crippen LogP contribution in [0.5, 0.6) is 0 Å². The van der Waals surface area contributed by atoms with Crippen LogP contribution < -0.4 is 10.6 Å². The van der Waals surface area contributed by atoms with Crippen molar-refractivity contribution in [2.45, 2.75) is 26.0 Å². The lowest BCUT2D eigenvalue weighted by Crippen LogP contribution is -2.29. The summed E-state index contributed by atoms with van der Waals surface area (Å²) in [5.74, 6) is 1.29. The Labute approximate surface area is 175 Å². The second-order valence-corrected chi connectivity index (χ2v) is 7.68. The Morgan fingerprint density at radius 3 is 2.68 bits per heavy atom. The van der Waals surface area contributed by atoms with Crippen LogP contribution in [0.15, 0.2) is 42.5 Å². The molecule has 0 bridgehead atoms. The normalized spacial score (nSPS) is 10.4. The first-order valence-electron chi connectivity index (χ1n) is 9.14. The summed E-state index contributed by atoms with van der Waals surface area (Å²) in [6.07, 6.45) is 0.954. The predicted molar refractivity (Wildman–Crippen MR) is 119 cm³/mol. The van der Waals surface area contributed by atoms with Gasteiger partial charge in [-0.3, -0.25) is 0 Å². The molecule has 0 aromatic heterocycles. The van der Waals surface area contributed by atoms with Gasteiger partial charge in [-0.15, -0.1) is 0 Å². The minimum atomic E-state index is -0.345. The maximum absolute atomic E-state index is 12.9. The Hall–Kier alpha value is -2.12. The molecule has 2 aromatic carbocycles. The summed E-state index contributed by atoms with van der Waals surface area (Å²) in [6, 6.07) is 12.0. The summed E-state index contributed by atoms with van der Waals surface area (Å²) in [5.41, 5.74) is 3.39. The van der Waals surface area contributed by atoms with Crippen molar-refractivity contribution in [3.8, 4) is 0 Å². The second-order valence-electron chi connectivity index (χ2n) is 6.16. The van der Waals surface area contributed by atoms with Gasteiger partial charge in [-0.2, -0.15) is 11.8 Å². The van der Waals surface area contributed by atoms with Crippen molar-refractivity contribution in [1.82, 2.24) is 5.32 Å². The number of thiocarbonyl (C=S) groups is 1. The van der Waals surface area contributed by atoms with E-state index in [1.54, 1.807) is 30.8 Å². The molecule has 0 fully saturated rings. The summed E-state index contributed by atoms with van der Waals surface area (Å²) in [6.45, 7) is 4.82. The van der Waals surface area contributed by atoms with Gasteiger partial charge >= 0.3 is 5.97 Å². The van der Waals surface area contributed by atoms with Crippen LogP contribution in [0.25, 0.3) is 0 Å². The lowest BCUT2D eigenvalue weighted by molar-refractivity contribution is 0.0526. The molecule has 150 valence electrons. The molecule has 2 rings (SSSR count). The Balaban J connectivity index is 1.70. The molecule has 28 heavy (non-hydrogen) atoms. The lowest BCUT2D eigenvalue weighted by Gasteiger charge is -2.13. The number of nitrogens with one attached hydrogen (secondary N) is 2. The van der Waals surface area contributed by atoms with Gasteiger partial charge in [-0.1, -0.05) is 18.2 Å². The van der Waals surface area contributed by atoms with Gasteiger partial charge in [-0.05, 0) is 73.6 Å². The summed E-state index contributed by atoms with van der Waals surface area (Å²) >= 11 is 7.14. The van der Waals surface area contributed by atoms with Crippen LogP contribution in [0.3, 0.4) is 0 Å². The molecule has 0 spiro atoms. The van der Waals surface area contributed by atoms with Gasteiger partial charge in [0.05, 0.1) is 12.2 Å². The van der Waals surface area contributed by atoms with Gasteiger partial charge in [0.1, 0.15) is 5.82 Å². The Bertz CT molecular complexity index is 797. The van der Waals surface area contributed by atoms with Crippen LogP contribution in [-0.4, -0.2) is 30.0 Å². The third-order valence-corrected chi connectivity index (χ3v) is 5.29. The van der Waals surface area contributed by atoms with E-state index in [1.807, 2.05) is 25.1 Å². The van der Waals surface area contributed by atoms with Crippen molar-refractivity contribution in [3.05, 3.63) is 65.0 Å². The minimum absolute atomic E-state index is 0.206. The van der Waals surface area contributed by atoms with Crippen molar-refractivity contribution in [2.24, 2.45) is 0 Å². The van der Waals surface area contributed by atoms with E-state index in [-0.39, 0.29) is 11.8 Å². The first kappa shape index (κ1) is 22.2. The zero-order valence-electron chi connectivity index (χ0n) is 16.1. The van der Waals surface area contributed by atoms with Gasteiger partial charge in [0.15, 0.2) is 5.11 Å². The van der Waals surface area contributed by atoms with Crippen molar-refractivity contribution >= 4 is 40.7 Å². The number of rotatable bonds is 9. The fourth-order valence-electron chi connectivity index (χ4n) is 2.41. The molecule has 0 aliphatic rings. The zero-order chi connectivity index (χ0) is 20.4. The molecule has 2 aromatic rings. The molecule has 0 radical (unpaired) electrons. The van der Waals surface area contributed by atoms with Gasteiger partial charge in [0, 0.05) is 18.0 Å². The number of benzene rings is 2. The van der Waals surface area contributed by atoms with E-state index in [0.29, 0.717) is 17.3 Å². The molecule has 2 N–H and O–H groups in total. The van der Waals surface area contributed by atoms with E-state index in [4.69, 9.17) is 17.0 Å². The van der Waals surface area contributed by atoms with Gasteiger partial charge < -0.3 is 15.4 Å². The van der Waals surface area contributed by atoms with Gasteiger partial charge in [-0.25, -0.2) is 9.18 Å². The van der Waals surface area contributed by atoms with E-state index >= 15 is 0 Å². The Morgan fingerprint density at radius 1 is 1.21 bits per heavy atom. The monoisotopic (exact) mass is 420 g/mol. The quantitative estimate of drug-likeness (QED) is 0.341. The molecule has 0 saturated heterocycles. The van der Waals surface area contributed by atoms with E-state index in [2.05, 4.69) is 10.6 Å². The summed E-state index contributed by atoms with van der Waals surface area (Å²) < 4.78 is 17.9. The Morgan fingerprint density at radius 2 is 1.96 bits per heavy atom. The predicted octanol–water partition coefficient (Wildman–Crippen LogP) is 4.92. The molecule has 0 aliphatic heterocycles. The zero-order valence-corrected chi connectivity index (χ0v) is 17.7. The number of thioether (sulfide) groups is 1. The molecule has 0 saturated carbocycles. The number of anilines is 1. The van der Waals surface area contributed by atoms with Crippen molar-refractivity contribution in [1.29, 1.82) is 0 Å². The highest BCUT2D eigenvalue weighted by Gasteiger charge is 2.09. The third-order valence-electron chi connectivity index (χ3n) is 3.93. The molecule has 4 nitrogen and oxygen atoms in total. The van der Waals surface area contributed by atoms with Crippen LogP contribution in [0, 0.1) is 12.7 Å². The van der Waals surface area contributed by atoms with Crippen LogP contribution in [-0.2, 0) is 10.5 Å². The number of halogens is 1. The van der Waals surface area contributed by atoms with Crippen LogP contribution in [0.4, 0.5) is 10.1 Å². The maximum atomic E-state index is 12.9. The second kappa shape index (κ2) is 11.7. The maximum Gasteiger partial charge on any atom is 0.338 e. The number of carbonyl (C=O) groups is 1. The molecule has 0 amide bonds. The number of aryl methyl sites for hydroxylation is 1. The fourth-order valence-corrected chi connectivity index (χ4v) is 3.54. The average molecular weight is 421 g/mol. The third kappa shape index (κ3) is 7.48. The van der Waals surface area contributed by atoms with Crippen LogP contribution in [0.1, 0.15) is 34.8 Å². The first-order chi connectivity index (χ1) is 13.5. The molecular formula is C21H25FN2O2S2. The topological polar surface area (TPSA) is 50.4 Å². The smallest absolute Gasteiger partial charge is 0.338 e. The molecule has 0 unspecified atom stereocenters. The van der Waals surface area contributed by atoms with E-state index < -0.39 is 0 Å². The number of carbonyl (C=O) groups excluding carboxylic acids is 1. The SMILES string of the molecule is CCOC(=O)c1ccc(C)c(NC(=S)NCCCSCc2ccc(F)cc2)c1. The first-order valence-corrected chi connectivity index (χ1v) is 10.7. The number of hydrogen-bond donors (Lipinski definition) is 2. The summed E-state index contributed by atoms with van der Waals surface area (Å²) in [4.78, 5) is 11.9. The molecule has 0 atom stereocenters. The van der Waals surface area contributed by atoms with Crippen LogP contribution >= 0.6 is 24.0 Å². The summed E-state index contributed by atoms with van der Waals surface area (Å²) in [5, 5.41) is 6.84. The highest BCUT2D eigenvalue weighted by Crippen LogP contribution is 2.18. The van der Waals surface area contributed by atoms with Crippen molar-refractivity contribution in [3.63, 3.8) is 0 Å². The Kier molecular flexibility index (Phi) is 9.23. The highest BCUT2D eigenvalue weighted by atomic mass is 32.2. The van der Waals surface area contributed by atoms with Crippen LogP contribution in [0.2, 0.25) is 0 Å². The highest BCUT2D eigenvalue weighted by molar-refractivity contribution is 7.98. The standard InChI is InChI=1S/C21H25FN2O2S2/c1-3-26-20(25)17-8-5-15(2)19(13-17)24-21(27)23-11-4-12-28-14-16-6-9-18(22)10-7-16/h5-10,13H,3-4,11-12,14H2,1-2H3,(H2,23,24,27). The molecule has 0 aliphatic carbocycles. The van der Waals surface area contributed by atoms with Gasteiger partial charge in [0.25, 0.3) is 0 Å². The molecular weight excluding hydrogens is 395 g/mol. The molecule has 0 heterocycles. The van der Waals surface area contributed by atoms with Crippen molar-refractivity contribution < 1.29 is 13.9 Å². The largest absolute Gasteiger partial charge is 0.462 e. The minimum Gasteiger partial charge on any atom is -0.462 e. The lowest BCUT2D eigenvalue weighted by atomic mass is 10.1. The summed E-state index contributed by atoms with van der Waals surface area (Å²) in [7, 11) is 0. The van der Waals surface area contributed by atoms with E-state index in [0.717, 1.165) is 41.3 Å². The molecule has 7 heteroatoms. The number of ether oxygens (including phenoxy) is 1. The average Bonchev–Trinajstić information content (AvgIpc) is 2.68. The van der Waals surface area contributed by atoms with E-state index in [9.17, 15) is 9.18 Å². The van der Waals surface area contributed by atoms with Crippen molar-refractivity contribution in [2.75, 3.05) is 24.2 Å². The number of hydrogen-bond acceptors (Lipinski definition) is 4. The van der Waals surface area contributed by atoms with E-state index in [1.165, 1.54) is 12.1 Å². The van der Waals surface area contributed by atoms with Gasteiger partial charge in [0.2, 0.25) is 0 Å². The fraction of sp³-hybridized carbons (Fsp3) is 0.333.